The maximum atomic E-state index is 14.3. The van der Waals surface area contributed by atoms with E-state index in [0.717, 1.165) is 30.4 Å². The zero-order chi connectivity index (χ0) is 30.3. The Hall–Kier alpha value is -3.48. The number of hydrogen-bond donors (Lipinski definition) is 1. The molecule has 5 nitrogen and oxygen atoms in total. The molecule has 226 valence electrons. The van der Waals surface area contributed by atoms with Gasteiger partial charge in [0.25, 0.3) is 5.92 Å². The lowest BCUT2D eigenvalue weighted by Gasteiger charge is -2.49. The van der Waals surface area contributed by atoms with Gasteiger partial charge in [-0.05, 0) is 81.2 Å². The third-order valence-corrected chi connectivity index (χ3v) is 8.45. The predicted molar refractivity (Wildman–Crippen MR) is 162 cm³/mol. The van der Waals surface area contributed by atoms with Gasteiger partial charge in [0.1, 0.15) is 17.1 Å². The molecule has 0 aliphatic heterocycles. The molecule has 0 spiro atoms. The number of Topliss-reactive ketones (excluding diaryl/α,β-unsaturated/α-hetero) is 1. The Morgan fingerprint density at radius 1 is 1.00 bits per heavy atom. The highest BCUT2D eigenvalue weighted by Gasteiger charge is 2.59. The van der Waals surface area contributed by atoms with Gasteiger partial charge in [0.2, 0.25) is 5.91 Å². The van der Waals surface area contributed by atoms with Crippen molar-refractivity contribution in [3.63, 3.8) is 0 Å². The number of carbonyl (C=O) groups is 2. The van der Waals surface area contributed by atoms with Crippen LogP contribution in [0.1, 0.15) is 93.6 Å². The average Bonchev–Trinajstić information content (AvgIpc) is 3.48. The highest BCUT2D eigenvalue weighted by molar-refractivity contribution is 6.00. The van der Waals surface area contributed by atoms with E-state index in [0.29, 0.717) is 43.1 Å². The van der Waals surface area contributed by atoms with E-state index in [4.69, 9.17) is 9.47 Å². The molecule has 42 heavy (non-hydrogen) atoms. The van der Waals surface area contributed by atoms with Crippen LogP contribution in [0.3, 0.4) is 0 Å². The minimum Gasteiger partial charge on any atom is -0.493 e. The number of amides is 1. The Kier molecular flexibility index (Phi) is 10.2. The number of allylic oxidation sites excluding steroid dienone is 3. The topological polar surface area (TPSA) is 64.6 Å². The fraction of sp³-hybridized carbons (Fsp3) is 0.486. The second kappa shape index (κ2) is 13.7. The summed E-state index contributed by atoms with van der Waals surface area (Å²) in [5, 5.41) is 3.10. The van der Waals surface area contributed by atoms with Crippen LogP contribution >= 0.6 is 0 Å². The van der Waals surface area contributed by atoms with Crippen molar-refractivity contribution in [2.24, 2.45) is 5.92 Å². The fourth-order valence-corrected chi connectivity index (χ4v) is 6.29. The molecule has 1 unspecified atom stereocenters. The summed E-state index contributed by atoms with van der Waals surface area (Å²) < 4.78 is 40.2. The van der Waals surface area contributed by atoms with Crippen LogP contribution in [0, 0.1) is 5.92 Å². The first-order valence-electron chi connectivity index (χ1n) is 15.1. The summed E-state index contributed by atoms with van der Waals surface area (Å²) in [5.41, 5.74) is 2.24. The number of nitrogens with one attached hydrogen (secondary N) is 1. The maximum Gasteiger partial charge on any atom is 0.253 e. The average molecular weight is 580 g/mol. The molecule has 0 saturated heterocycles. The lowest BCUT2D eigenvalue weighted by Crippen LogP contribution is -2.64. The molecule has 0 radical (unpaired) electrons. The zero-order valence-electron chi connectivity index (χ0n) is 25.2. The molecule has 2 aromatic carbocycles. The molecule has 0 aromatic heterocycles. The van der Waals surface area contributed by atoms with Crippen molar-refractivity contribution in [1.82, 2.24) is 5.32 Å². The Bertz CT molecular complexity index is 1280. The first-order valence-corrected chi connectivity index (χ1v) is 15.1. The number of halogens is 2. The van der Waals surface area contributed by atoms with Gasteiger partial charge in [-0.25, -0.2) is 8.78 Å². The lowest BCUT2D eigenvalue weighted by atomic mass is 9.67. The Labute approximate surface area is 248 Å². The molecule has 2 aromatic rings. The molecule has 0 bridgehead atoms. The first kappa shape index (κ1) is 31.5. The maximum absolute atomic E-state index is 14.3. The summed E-state index contributed by atoms with van der Waals surface area (Å²) in [6.07, 6.45) is 8.64. The van der Waals surface area contributed by atoms with Crippen LogP contribution in [-0.2, 0) is 11.2 Å². The van der Waals surface area contributed by atoms with Crippen molar-refractivity contribution in [2.45, 2.75) is 90.0 Å². The van der Waals surface area contributed by atoms with Gasteiger partial charge < -0.3 is 14.8 Å². The van der Waals surface area contributed by atoms with Gasteiger partial charge >= 0.3 is 0 Å². The third kappa shape index (κ3) is 7.29. The SMILES string of the molecule is CCOc1cc([C@@H](C)C(CCCCc2ccccc2)C(=O)NC2(C3=CC=CC3)CC(F)(F)C2)cc(OCC)c1C(C)=O. The fourth-order valence-electron chi connectivity index (χ4n) is 6.29. The van der Waals surface area contributed by atoms with Crippen LogP contribution in [0.5, 0.6) is 11.5 Å². The van der Waals surface area contributed by atoms with Crippen LogP contribution in [0.4, 0.5) is 8.78 Å². The van der Waals surface area contributed by atoms with Gasteiger partial charge in [-0.1, -0.05) is 61.9 Å². The van der Waals surface area contributed by atoms with Gasteiger partial charge in [0, 0.05) is 18.8 Å². The Morgan fingerprint density at radius 2 is 1.64 bits per heavy atom. The van der Waals surface area contributed by atoms with Crippen LogP contribution in [0.15, 0.2) is 66.3 Å². The number of ketones is 1. The number of ether oxygens (including phenoxy) is 2. The summed E-state index contributed by atoms with van der Waals surface area (Å²) in [6, 6.07) is 13.9. The molecule has 2 atom stereocenters. The van der Waals surface area contributed by atoms with E-state index in [9.17, 15) is 18.4 Å². The quantitative estimate of drug-likeness (QED) is 0.172. The smallest absolute Gasteiger partial charge is 0.253 e. The summed E-state index contributed by atoms with van der Waals surface area (Å²) in [6.45, 7) is 7.90. The first-order chi connectivity index (χ1) is 20.1. The van der Waals surface area contributed by atoms with Crippen LogP contribution in [0.2, 0.25) is 0 Å². The molecular weight excluding hydrogens is 536 g/mol. The molecule has 0 heterocycles. The monoisotopic (exact) mass is 579 g/mol. The molecule has 1 amide bonds. The van der Waals surface area contributed by atoms with Crippen LogP contribution in [-0.4, -0.2) is 36.4 Å². The van der Waals surface area contributed by atoms with Gasteiger partial charge in [0.05, 0.1) is 18.8 Å². The highest BCUT2D eigenvalue weighted by atomic mass is 19.3. The van der Waals surface area contributed by atoms with Crippen molar-refractivity contribution in [3.8, 4) is 11.5 Å². The number of aryl methyl sites for hydroxylation is 1. The van der Waals surface area contributed by atoms with Gasteiger partial charge in [0.15, 0.2) is 5.78 Å². The molecule has 1 fully saturated rings. The molecule has 4 rings (SSSR count). The number of alkyl halides is 2. The Morgan fingerprint density at radius 3 is 2.17 bits per heavy atom. The number of unbranched alkanes of at least 4 members (excludes halogenated alkanes) is 1. The van der Waals surface area contributed by atoms with Crippen LogP contribution in [0.25, 0.3) is 0 Å². The van der Waals surface area contributed by atoms with Crippen molar-refractivity contribution in [3.05, 3.63) is 83.0 Å². The van der Waals surface area contributed by atoms with Gasteiger partial charge in [-0.15, -0.1) is 0 Å². The Balaban J connectivity index is 1.62. The molecule has 1 N–H and O–H groups in total. The number of hydrogen-bond acceptors (Lipinski definition) is 4. The number of benzene rings is 2. The lowest BCUT2D eigenvalue weighted by molar-refractivity contribution is -0.143. The second-order valence-corrected chi connectivity index (χ2v) is 11.5. The van der Waals surface area contributed by atoms with Crippen molar-refractivity contribution in [1.29, 1.82) is 0 Å². The van der Waals surface area contributed by atoms with Crippen molar-refractivity contribution < 1.29 is 27.8 Å². The van der Waals surface area contributed by atoms with Gasteiger partial charge in [-0.2, -0.15) is 0 Å². The van der Waals surface area contributed by atoms with E-state index >= 15 is 0 Å². The van der Waals surface area contributed by atoms with E-state index in [1.165, 1.54) is 12.5 Å². The normalized spacial score (nSPS) is 18.0. The van der Waals surface area contributed by atoms with E-state index < -0.39 is 17.4 Å². The largest absolute Gasteiger partial charge is 0.493 e. The summed E-state index contributed by atoms with van der Waals surface area (Å²) in [7, 11) is 0. The van der Waals surface area contributed by atoms with E-state index in [2.05, 4.69) is 17.4 Å². The highest BCUT2D eigenvalue weighted by Crippen LogP contribution is 2.51. The van der Waals surface area contributed by atoms with Crippen molar-refractivity contribution >= 4 is 11.7 Å². The third-order valence-electron chi connectivity index (χ3n) is 8.45. The summed E-state index contributed by atoms with van der Waals surface area (Å²) in [5.74, 6) is -3.09. The zero-order valence-corrected chi connectivity index (χ0v) is 25.2. The molecular formula is C35H43F2NO4. The number of carbonyl (C=O) groups excluding carboxylic acids is 2. The summed E-state index contributed by atoms with van der Waals surface area (Å²) >= 11 is 0. The standard InChI is InChI=1S/C35H43F2NO4/c1-5-41-30-20-27(21-31(42-6-2)32(30)25(4)39)24(3)29(19-13-10-16-26-14-8-7-9-15-26)33(40)38-34(22-35(36,37)23-34)28-17-11-12-18-28/h7-9,11-12,14-15,17,20-21,24,29H,5-6,10,13,16,18-19,22-23H2,1-4H3,(H,38,40)/t24-,29?/m1/s1. The molecule has 2 aliphatic carbocycles. The predicted octanol–water partition coefficient (Wildman–Crippen LogP) is 7.99. The van der Waals surface area contributed by atoms with Gasteiger partial charge in [-0.3, -0.25) is 9.59 Å². The van der Waals surface area contributed by atoms with E-state index in [1.54, 1.807) is 0 Å². The minimum atomic E-state index is -2.80. The summed E-state index contributed by atoms with van der Waals surface area (Å²) in [4.78, 5) is 26.6. The van der Waals surface area contributed by atoms with E-state index in [-0.39, 0.29) is 30.4 Å². The molecule has 7 heteroatoms. The number of rotatable bonds is 15. The molecule has 2 aliphatic rings. The minimum absolute atomic E-state index is 0.164. The molecule has 1 saturated carbocycles. The van der Waals surface area contributed by atoms with E-state index in [1.807, 2.05) is 69.3 Å². The van der Waals surface area contributed by atoms with Crippen LogP contribution < -0.4 is 14.8 Å². The second-order valence-electron chi connectivity index (χ2n) is 11.5. The van der Waals surface area contributed by atoms with Crippen molar-refractivity contribution in [2.75, 3.05) is 13.2 Å².